The summed E-state index contributed by atoms with van der Waals surface area (Å²) in [4.78, 5) is 4.33. The van der Waals surface area contributed by atoms with Gasteiger partial charge in [0.1, 0.15) is 23.9 Å². The number of hydrogen-bond donors (Lipinski definition) is 0. The lowest BCUT2D eigenvalue weighted by Gasteiger charge is -2.06. The second-order valence-electron chi connectivity index (χ2n) is 6.30. The molecule has 0 aliphatic carbocycles. The van der Waals surface area contributed by atoms with E-state index in [1.54, 1.807) is 0 Å². The Balaban J connectivity index is 1.41. The lowest BCUT2D eigenvalue weighted by atomic mass is 10.1. The van der Waals surface area contributed by atoms with Crippen molar-refractivity contribution in [2.24, 2.45) is 0 Å². The highest BCUT2D eigenvalue weighted by Crippen LogP contribution is 2.23. The van der Waals surface area contributed by atoms with Crippen molar-refractivity contribution in [3.63, 3.8) is 0 Å². The van der Waals surface area contributed by atoms with Gasteiger partial charge in [-0.15, -0.1) is 0 Å². The molecule has 0 aliphatic rings. The summed E-state index contributed by atoms with van der Waals surface area (Å²) < 4.78 is 13.4. The van der Waals surface area contributed by atoms with Crippen LogP contribution in [0.1, 0.15) is 24.1 Å². The molecule has 0 saturated heterocycles. The molecule has 27 heavy (non-hydrogen) atoms. The first-order valence-corrected chi connectivity index (χ1v) is 9.04. The normalized spacial score (nSPS) is 10.9. The Kier molecular flexibility index (Phi) is 5.01. The first-order valence-electron chi connectivity index (χ1n) is 9.04. The SMILES string of the molecule is CCc1nccn1Cc1cc(-c2ccc(OCc3ccccc3)cc2)no1. The van der Waals surface area contributed by atoms with Gasteiger partial charge in [0.25, 0.3) is 0 Å². The fourth-order valence-corrected chi connectivity index (χ4v) is 2.95. The Morgan fingerprint density at radius 1 is 1.04 bits per heavy atom. The van der Waals surface area contributed by atoms with E-state index < -0.39 is 0 Å². The number of ether oxygens (including phenoxy) is 1. The third-order valence-corrected chi connectivity index (χ3v) is 4.40. The third-order valence-electron chi connectivity index (χ3n) is 4.40. The molecule has 0 spiro atoms. The minimum Gasteiger partial charge on any atom is -0.489 e. The maximum Gasteiger partial charge on any atom is 0.157 e. The van der Waals surface area contributed by atoms with Crippen LogP contribution in [0, 0.1) is 0 Å². The Hall–Kier alpha value is -3.34. The molecule has 136 valence electrons. The molecule has 5 nitrogen and oxygen atoms in total. The second kappa shape index (κ2) is 7.91. The summed E-state index contributed by atoms with van der Waals surface area (Å²) >= 11 is 0. The molecule has 0 unspecified atom stereocenters. The topological polar surface area (TPSA) is 53.1 Å². The van der Waals surface area contributed by atoms with Crippen molar-refractivity contribution in [3.05, 3.63) is 90.2 Å². The number of nitrogens with zero attached hydrogens (tertiary/aromatic N) is 3. The summed E-state index contributed by atoms with van der Waals surface area (Å²) in [5, 5.41) is 4.20. The van der Waals surface area contributed by atoms with Gasteiger partial charge in [0, 0.05) is 30.4 Å². The second-order valence-corrected chi connectivity index (χ2v) is 6.30. The monoisotopic (exact) mass is 359 g/mol. The van der Waals surface area contributed by atoms with Crippen LogP contribution >= 0.6 is 0 Å². The van der Waals surface area contributed by atoms with E-state index in [4.69, 9.17) is 9.26 Å². The van der Waals surface area contributed by atoms with Crippen LogP contribution < -0.4 is 4.74 Å². The minimum absolute atomic E-state index is 0.555. The molecule has 0 atom stereocenters. The maximum absolute atomic E-state index is 5.83. The van der Waals surface area contributed by atoms with Crippen LogP contribution in [-0.2, 0) is 19.6 Å². The first kappa shape index (κ1) is 17.1. The van der Waals surface area contributed by atoms with E-state index in [-0.39, 0.29) is 0 Å². The Bertz CT molecular complexity index is 988. The highest BCUT2D eigenvalue weighted by Gasteiger charge is 2.09. The van der Waals surface area contributed by atoms with Gasteiger partial charge < -0.3 is 13.8 Å². The van der Waals surface area contributed by atoms with Crippen molar-refractivity contribution in [1.29, 1.82) is 0 Å². The van der Waals surface area contributed by atoms with Crippen LogP contribution in [0.5, 0.6) is 5.75 Å². The lowest BCUT2D eigenvalue weighted by Crippen LogP contribution is -2.02. The van der Waals surface area contributed by atoms with E-state index in [1.165, 1.54) is 0 Å². The number of hydrogen-bond acceptors (Lipinski definition) is 4. The zero-order chi connectivity index (χ0) is 18.5. The van der Waals surface area contributed by atoms with Gasteiger partial charge >= 0.3 is 0 Å². The van der Waals surface area contributed by atoms with Gasteiger partial charge in [0.15, 0.2) is 5.76 Å². The number of rotatable bonds is 7. The maximum atomic E-state index is 5.83. The summed E-state index contributed by atoms with van der Waals surface area (Å²) in [6.07, 6.45) is 4.66. The Morgan fingerprint density at radius 3 is 2.63 bits per heavy atom. The van der Waals surface area contributed by atoms with Crippen molar-refractivity contribution in [1.82, 2.24) is 14.7 Å². The molecular weight excluding hydrogens is 338 g/mol. The van der Waals surface area contributed by atoms with Gasteiger partial charge in [-0.05, 0) is 29.8 Å². The van der Waals surface area contributed by atoms with E-state index >= 15 is 0 Å². The van der Waals surface area contributed by atoms with Gasteiger partial charge in [-0.3, -0.25) is 0 Å². The van der Waals surface area contributed by atoms with Gasteiger partial charge in [0.05, 0.1) is 6.54 Å². The Labute approximate surface area is 158 Å². The standard InChI is InChI=1S/C22H21N3O2/c1-2-22-23-12-13-25(22)15-20-14-21(24-27-20)18-8-10-19(11-9-18)26-16-17-6-4-3-5-7-17/h3-14H,2,15-16H2,1H3. The molecule has 2 aromatic carbocycles. The quantitative estimate of drug-likeness (QED) is 0.479. The van der Waals surface area contributed by atoms with Crippen LogP contribution in [0.15, 0.2) is 77.6 Å². The lowest BCUT2D eigenvalue weighted by molar-refractivity contribution is 0.306. The Morgan fingerprint density at radius 2 is 1.85 bits per heavy atom. The molecule has 0 saturated carbocycles. The minimum atomic E-state index is 0.555. The molecule has 0 radical (unpaired) electrons. The molecule has 0 fully saturated rings. The van der Waals surface area contributed by atoms with Gasteiger partial charge in [-0.25, -0.2) is 4.98 Å². The van der Waals surface area contributed by atoms with E-state index in [0.29, 0.717) is 13.2 Å². The largest absolute Gasteiger partial charge is 0.489 e. The molecule has 5 heteroatoms. The number of benzene rings is 2. The first-order chi connectivity index (χ1) is 13.3. The van der Waals surface area contributed by atoms with E-state index in [2.05, 4.69) is 33.8 Å². The van der Waals surface area contributed by atoms with Crippen LogP contribution in [0.3, 0.4) is 0 Å². The highest BCUT2D eigenvalue weighted by molar-refractivity contribution is 5.59. The molecule has 0 amide bonds. The fraction of sp³-hybridized carbons (Fsp3) is 0.182. The zero-order valence-corrected chi connectivity index (χ0v) is 15.2. The molecule has 2 heterocycles. The van der Waals surface area contributed by atoms with Gasteiger partial charge in [-0.2, -0.15) is 0 Å². The molecule has 4 rings (SSSR count). The molecule has 0 N–H and O–H groups in total. The number of aromatic nitrogens is 3. The van der Waals surface area contributed by atoms with Gasteiger partial charge in [0.2, 0.25) is 0 Å². The van der Waals surface area contributed by atoms with Crippen LogP contribution in [0.4, 0.5) is 0 Å². The smallest absolute Gasteiger partial charge is 0.157 e. The van der Waals surface area contributed by atoms with Crippen molar-refractivity contribution < 1.29 is 9.26 Å². The summed E-state index contributed by atoms with van der Waals surface area (Å²) in [5.41, 5.74) is 2.96. The van der Waals surface area contributed by atoms with E-state index in [9.17, 15) is 0 Å². The number of aryl methyl sites for hydroxylation is 1. The van der Waals surface area contributed by atoms with E-state index in [1.807, 2.05) is 60.9 Å². The van der Waals surface area contributed by atoms with Crippen molar-refractivity contribution in [3.8, 4) is 17.0 Å². The molecular formula is C22H21N3O2. The fourth-order valence-electron chi connectivity index (χ4n) is 2.95. The average Bonchev–Trinajstić information content (AvgIpc) is 3.37. The molecule has 2 aromatic heterocycles. The molecule has 4 aromatic rings. The summed E-state index contributed by atoms with van der Waals surface area (Å²) in [5.74, 6) is 2.67. The van der Waals surface area contributed by atoms with Crippen LogP contribution in [0.2, 0.25) is 0 Å². The highest BCUT2D eigenvalue weighted by atomic mass is 16.5. The van der Waals surface area contributed by atoms with Crippen molar-refractivity contribution >= 4 is 0 Å². The summed E-state index contributed by atoms with van der Waals surface area (Å²) in [7, 11) is 0. The zero-order valence-electron chi connectivity index (χ0n) is 15.2. The molecule has 0 bridgehead atoms. The van der Waals surface area contributed by atoms with Crippen LogP contribution in [0.25, 0.3) is 11.3 Å². The third kappa shape index (κ3) is 4.08. The summed E-state index contributed by atoms with van der Waals surface area (Å²) in [6, 6.07) is 20.0. The molecule has 0 aliphatic heterocycles. The van der Waals surface area contributed by atoms with Crippen LogP contribution in [-0.4, -0.2) is 14.7 Å². The predicted molar refractivity (Wildman–Crippen MR) is 103 cm³/mol. The van der Waals surface area contributed by atoms with Crippen molar-refractivity contribution in [2.75, 3.05) is 0 Å². The number of imidazole rings is 1. The predicted octanol–water partition coefficient (Wildman–Crippen LogP) is 4.73. The summed E-state index contributed by atoms with van der Waals surface area (Å²) in [6.45, 7) is 3.28. The van der Waals surface area contributed by atoms with E-state index in [0.717, 1.165) is 40.6 Å². The van der Waals surface area contributed by atoms with Crippen molar-refractivity contribution in [2.45, 2.75) is 26.5 Å². The van der Waals surface area contributed by atoms with Gasteiger partial charge in [-0.1, -0.05) is 42.4 Å². The average molecular weight is 359 g/mol.